The van der Waals surface area contributed by atoms with E-state index in [9.17, 15) is 9.59 Å². The highest BCUT2D eigenvalue weighted by molar-refractivity contribution is 5.79. The molecule has 0 aliphatic rings. The summed E-state index contributed by atoms with van der Waals surface area (Å²) < 4.78 is 5.33. The van der Waals surface area contributed by atoms with Gasteiger partial charge in [-0.2, -0.15) is 0 Å². The van der Waals surface area contributed by atoms with Crippen molar-refractivity contribution < 1.29 is 14.3 Å². The first-order valence-electron chi connectivity index (χ1n) is 5.96. The van der Waals surface area contributed by atoms with Crippen molar-refractivity contribution in [3.8, 4) is 5.75 Å². The second kappa shape index (κ2) is 7.25. The summed E-state index contributed by atoms with van der Waals surface area (Å²) in [5, 5.41) is 2.50. The predicted octanol–water partition coefficient (Wildman–Crippen LogP) is 0.242. The quantitative estimate of drug-likeness (QED) is 0.722. The highest BCUT2D eigenvalue weighted by Crippen LogP contribution is 2.14. The molecule has 0 fully saturated rings. The first-order valence-corrected chi connectivity index (χ1v) is 5.96. The fourth-order valence-electron chi connectivity index (χ4n) is 1.38. The van der Waals surface area contributed by atoms with Crippen LogP contribution in [0.1, 0.15) is 6.42 Å². The van der Waals surface area contributed by atoms with E-state index < -0.39 is 0 Å². The molecule has 0 heterocycles. The number of benzene rings is 1. The second-order valence-electron chi connectivity index (χ2n) is 4.10. The average Bonchev–Trinajstić information content (AvgIpc) is 2.41. The third-order valence-corrected chi connectivity index (χ3v) is 2.60. The van der Waals surface area contributed by atoms with Crippen LogP contribution in [0.15, 0.2) is 24.3 Å². The largest absolute Gasteiger partial charge is 0.484 e. The Bertz CT molecular complexity index is 449. The van der Waals surface area contributed by atoms with E-state index in [1.54, 1.807) is 38.4 Å². The maximum atomic E-state index is 11.7. The van der Waals surface area contributed by atoms with Crippen LogP contribution in [0.4, 0.5) is 5.69 Å². The monoisotopic (exact) mass is 265 g/mol. The van der Waals surface area contributed by atoms with Crippen molar-refractivity contribution in [2.75, 3.05) is 33.0 Å². The predicted molar refractivity (Wildman–Crippen MR) is 72.7 cm³/mol. The molecule has 0 aliphatic carbocycles. The Morgan fingerprint density at radius 3 is 2.79 bits per heavy atom. The van der Waals surface area contributed by atoms with Crippen molar-refractivity contribution in [3.63, 3.8) is 0 Å². The Labute approximate surface area is 112 Å². The van der Waals surface area contributed by atoms with Crippen molar-refractivity contribution in [2.45, 2.75) is 6.42 Å². The Morgan fingerprint density at radius 2 is 2.16 bits per heavy atom. The molecule has 0 aliphatic heterocycles. The van der Waals surface area contributed by atoms with Crippen LogP contribution in [0.5, 0.6) is 5.75 Å². The molecule has 2 amide bonds. The number of likely N-dealkylation sites (N-methyl/N-ethyl adjacent to an activating group) is 1. The molecule has 0 radical (unpaired) electrons. The summed E-state index contributed by atoms with van der Waals surface area (Å²) in [6.45, 7) is 0.284. The van der Waals surface area contributed by atoms with Crippen molar-refractivity contribution >= 4 is 17.5 Å². The zero-order chi connectivity index (χ0) is 14.3. The van der Waals surface area contributed by atoms with E-state index in [4.69, 9.17) is 10.5 Å². The number of carbonyl (C=O) groups excluding carboxylic acids is 2. The van der Waals surface area contributed by atoms with Crippen molar-refractivity contribution in [2.24, 2.45) is 0 Å². The fraction of sp³-hybridized carbons (Fsp3) is 0.385. The summed E-state index contributed by atoms with van der Waals surface area (Å²) in [7, 11) is 3.20. The van der Waals surface area contributed by atoms with Crippen molar-refractivity contribution in [3.05, 3.63) is 24.3 Å². The standard InChI is InChI=1S/C13H19N3O3/c1-15-12(17)6-7-16(2)13(18)9-19-11-5-3-4-10(14)8-11/h3-5,8H,6-7,9,14H2,1-2H3,(H,15,17). The van der Waals surface area contributed by atoms with Crippen LogP contribution in [0.2, 0.25) is 0 Å². The van der Waals surface area contributed by atoms with E-state index in [0.29, 0.717) is 18.0 Å². The molecule has 0 spiro atoms. The SMILES string of the molecule is CNC(=O)CCN(C)C(=O)COc1cccc(N)c1. The molecule has 0 unspecified atom stereocenters. The minimum Gasteiger partial charge on any atom is -0.484 e. The maximum absolute atomic E-state index is 11.7. The minimum atomic E-state index is -0.189. The van der Waals surface area contributed by atoms with Gasteiger partial charge in [-0.05, 0) is 12.1 Å². The van der Waals surface area contributed by atoms with E-state index >= 15 is 0 Å². The summed E-state index contributed by atoms with van der Waals surface area (Å²) in [5.41, 5.74) is 6.18. The number of anilines is 1. The molecule has 19 heavy (non-hydrogen) atoms. The zero-order valence-corrected chi connectivity index (χ0v) is 11.2. The lowest BCUT2D eigenvalue weighted by atomic mass is 10.3. The average molecular weight is 265 g/mol. The van der Waals surface area contributed by atoms with Gasteiger partial charge in [0.1, 0.15) is 5.75 Å². The highest BCUT2D eigenvalue weighted by Gasteiger charge is 2.11. The number of carbonyl (C=O) groups is 2. The first-order chi connectivity index (χ1) is 9.02. The Balaban J connectivity index is 2.36. The van der Waals surface area contributed by atoms with Crippen LogP contribution < -0.4 is 15.8 Å². The molecule has 0 bridgehead atoms. The van der Waals surface area contributed by atoms with Gasteiger partial charge in [0.15, 0.2) is 6.61 Å². The highest BCUT2D eigenvalue weighted by atomic mass is 16.5. The smallest absolute Gasteiger partial charge is 0.260 e. The topological polar surface area (TPSA) is 84.7 Å². The second-order valence-corrected chi connectivity index (χ2v) is 4.10. The zero-order valence-electron chi connectivity index (χ0n) is 11.2. The summed E-state index contributed by atoms with van der Waals surface area (Å²) >= 11 is 0. The van der Waals surface area contributed by atoms with Crippen molar-refractivity contribution in [1.82, 2.24) is 10.2 Å². The number of nitrogens with two attached hydrogens (primary N) is 1. The van der Waals surface area contributed by atoms with Gasteiger partial charge in [0.25, 0.3) is 5.91 Å². The van der Waals surface area contributed by atoms with Gasteiger partial charge in [-0.3, -0.25) is 9.59 Å². The molecule has 3 N–H and O–H groups in total. The normalized spacial score (nSPS) is 9.79. The van der Waals surface area contributed by atoms with Gasteiger partial charge in [0, 0.05) is 38.8 Å². The lowest BCUT2D eigenvalue weighted by molar-refractivity contribution is -0.132. The number of amides is 2. The summed E-state index contributed by atoms with van der Waals surface area (Å²) in [6.07, 6.45) is 0.275. The fourth-order valence-corrected chi connectivity index (χ4v) is 1.38. The number of nitrogen functional groups attached to an aromatic ring is 1. The van der Waals surface area contributed by atoms with Crippen LogP contribution in [-0.4, -0.2) is 44.0 Å². The molecule has 0 aromatic heterocycles. The van der Waals surface area contributed by atoms with Crippen LogP contribution in [0, 0.1) is 0 Å². The van der Waals surface area contributed by atoms with E-state index in [2.05, 4.69) is 5.32 Å². The Morgan fingerprint density at radius 1 is 1.42 bits per heavy atom. The van der Waals surface area contributed by atoms with Crippen LogP contribution in [-0.2, 0) is 9.59 Å². The van der Waals surface area contributed by atoms with Gasteiger partial charge in [-0.15, -0.1) is 0 Å². The van der Waals surface area contributed by atoms with Gasteiger partial charge >= 0.3 is 0 Å². The number of hydrogen-bond acceptors (Lipinski definition) is 4. The maximum Gasteiger partial charge on any atom is 0.260 e. The van der Waals surface area contributed by atoms with Crippen molar-refractivity contribution in [1.29, 1.82) is 0 Å². The number of hydrogen-bond donors (Lipinski definition) is 2. The molecule has 1 rings (SSSR count). The van der Waals surface area contributed by atoms with Gasteiger partial charge in [-0.25, -0.2) is 0 Å². The molecule has 1 aromatic rings. The van der Waals surface area contributed by atoms with E-state index in [1.165, 1.54) is 4.90 Å². The van der Waals surface area contributed by atoms with Gasteiger partial charge in [0.2, 0.25) is 5.91 Å². The Hall–Kier alpha value is -2.24. The van der Waals surface area contributed by atoms with Gasteiger partial charge in [0.05, 0.1) is 0 Å². The van der Waals surface area contributed by atoms with Crippen LogP contribution >= 0.6 is 0 Å². The number of nitrogens with zero attached hydrogens (tertiary/aromatic N) is 1. The molecule has 104 valence electrons. The third-order valence-electron chi connectivity index (χ3n) is 2.60. The van der Waals surface area contributed by atoms with E-state index in [1.807, 2.05) is 0 Å². The minimum absolute atomic E-state index is 0.0757. The lowest BCUT2D eigenvalue weighted by Gasteiger charge is -2.17. The number of rotatable bonds is 6. The summed E-state index contributed by atoms with van der Waals surface area (Å²) in [5.74, 6) is 0.260. The number of nitrogens with one attached hydrogen (secondary N) is 1. The molecule has 6 heteroatoms. The molecule has 0 saturated heterocycles. The summed E-state index contributed by atoms with van der Waals surface area (Å²) in [4.78, 5) is 24.3. The lowest BCUT2D eigenvalue weighted by Crippen LogP contribution is -2.34. The van der Waals surface area contributed by atoms with Crippen LogP contribution in [0.3, 0.4) is 0 Å². The third kappa shape index (κ3) is 5.29. The van der Waals surface area contributed by atoms with Gasteiger partial charge in [-0.1, -0.05) is 6.07 Å². The van der Waals surface area contributed by atoms with Gasteiger partial charge < -0.3 is 20.7 Å². The van der Waals surface area contributed by atoms with E-state index in [-0.39, 0.29) is 24.8 Å². The number of ether oxygens (including phenoxy) is 1. The molecule has 0 saturated carbocycles. The molecular formula is C13H19N3O3. The molecule has 6 nitrogen and oxygen atoms in total. The Kier molecular flexibility index (Phi) is 5.66. The molecule has 0 atom stereocenters. The van der Waals surface area contributed by atoms with E-state index in [0.717, 1.165) is 0 Å². The summed E-state index contributed by atoms with van der Waals surface area (Å²) in [6, 6.07) is 6.88. The molecule has 1 aromatic carbocycles. The molecular weight excluding hydrogens is 246 g/mol. The van der Waals surface area contributed by atoms with Crippen LogP contribution in [0.25, 0.3) is 0 Å². The first kappa shape index (κ1) is 14.8.